The molecule has 1 aliphatic heterocycles. The topological polar surface area (TPSA) is 191 Å². The van der Waals surface area contributed by atoms with Crippen LogP contribution in [0.2, 0.25) is 0 Å². The molecule has 12 nitrogen and oxygen atoms in total. The minimum Gasteiger partial charge on any atom is -0.504 e. The van der Waals surface area contributed by atoms with Crippen molar-refractivity contribution >= 4 is 0 Å². The van der Waals surface area contributed by atoms with Crippen LogP contribution in [0.25, 0.3) is 0 Å². The summed E-state index contributed by atoms with van der Waals surface area (Å²) in [5.41, 5.74) is 0.809. The molecule has 0 bridgehead atoms. The maximum absolute atomic E-state index is 9.92. The highest BCUT2D eigenvalue weighted by molar-refractivity contribution is 5.51. The molecule has 1 saturated heterocycles. The van der Waals surface area contributed by atoms with Crippen LogP contribution in [0.1, 0.15) is 11.3 Å². The average Bonchev–Trinajstić information content (AvgIpc) is 3.11. The Bertz CT molecular complexity index is 789. The Morgan fingerprint density at radius 3 is 2.36 bits per heavy atom. The molecule has 154 valence electrons. The lowest BCUT2D eigenvalue weighted by atomic mass is 9.99. The molecule has 2 aromatic rings. The number of aliphatic hydroxyl groups is 4. The van der Waals surface area contributed by atoms with Gasteiger partial charge in [-0.15, -0.1) is 5.10 Å². The summed E-state index contributed by atoms with van der Waals surface area (Å²) in [7, 11) is 0. The fourth-order valence-electron chi connectivity index (χ4n) is 2.79. The normalized spacial score (nSPS) is 27.8. The predicted octanol–water partition coefficient (Wildman–Crippen LogP) is -2.24. The summed E-state index contributed by atoms with van der Waals surface area (Å²) in [6.45, 7) is -0.573. The van der Waals surface area contributed by atoms with Crippen molar-refractivity contribution in [1.29, 1.82) is 0 Å². The summed E-state index contributed by atoms with van der Waals surface area (Å²) in [6.07, 6.45) is -5.39. The molecule has 0 saturated carbocycles. The number of aliphatic hydroxyl groups excluding tert-OH is 4. The van der Waals surface area contributed by atoms with E-state index in [9.17, 15) is 30.6 Å². The zero-order valence-corrected chi connectivity index (χ0v) is 14.5. The van der Waals surface area contributed by atoms with E-state index in [1.54, 1.807) is 0 Å². The zero-order chi connectivity index (χ0) is 20.4. The molecule has 5 unspecified atom stereocenters. The Kier molecular flexibility index (Phi) is 5.98. The standard InChI is InChI=1S/C16H21N3O9/c20-5-11-13(24)14(25)15(26)16(28-11)27-6-8-4-19(18-17-8)3-7-1-9(21)12(23)10(22)2-7/h1-2,4,11,13-16,20-26H,3,5-6H2. The molecule has 0 amide bonds. The molecule has 3 rings (SSSR count). The molecule has 1 aromatic carbocycles. The summed E-state index contributed by atoms with van der Waals surface area (Å²) in [4.78, 5) is 0. The van der Waals surface area contributed by atoms with E-state index in [1.165, 1.54) is 23.0 Å². The molecule has 0 spiro atoms. The maximum Gasteiger partial charge on any atom is 0.200 e. The molecule has 1 aromatic heterocycles. The van der Waals surface area contributed by atoms with Gasteiger partial charge in [0.15, 0.2) is 23.5 Å². The van der Waals surface area contributed by atoms with E-state index in [0.717, 1.165) is 0 Å². The minimum absolute atomic E-state index is 0.133. The second-order valence-electron chi connectivity index (χ2n) is 6.40. The van der Waals surface area contributed by atoms with E-state index in [-0.39, 0.29) is 13.2 Å². The van der Waals surface area contributed by atoms with E-state index in [1.807, 2.05) is 0 Å². The SMILES string of the molecule is OCC1OC(OCc2cn(Cc3cc(O)c(O)c(O)c3)nn2)C(O)C(O)C1O. The second kappa shape index (κ2) is 8.26. The molecular weight excluding hydrogens is 378 g/mol. The van der Waals surface area contributed by atoms with Crippen LogP contribution in [0.15, 0.2) is 18.3 Å². The van der Waals surface area contributed by atoms with Gasteiger partial charge in [0.2, 0.25) is 0 Å². The third kappa shape index (κ3) is 4.16. The van der Waals surface area contributed by atoms with Crippen molar-refractivity contribution in [1.82, 2.24) is 15.0 Å². The van der Waals surface area contributed by atoms with Gasteiger partial charge in [0.25, 0.3) is 0 Å². The summed E-state index contributed by atoms with van der Waals surface area (Å²) in [5, 5.41) is 74.7. The van der Waals surface area contributed by atoms with Gasteiger partial charge in [-0.3, -0.25) is 0 Å². The third-order valence-corrected chi connectivity index (χ3v) is 4.30. The third-order valence-electron chi connectivity index (χ3n) is 4.30. The molecule has 0 aliphatic carbocycles. The van der Waals surface area contributed by atoms with Gasteiger partial charge in [-0.2, -0.15) is 0 Å². The molecule has 12 heteroatoms. The van der Waals surface area contributed by atoms with Crippen molar-refractivity contribution < 1.29 is 45.2 Å². The van der Waals surface area contributed by atoms with Crippen LogP contribution in [0.4, 0.5) is 0 Å². The lowest BCUT2D eigenvalue weighted by molar-refractivity contribution is -0.304. The Hall–Kier alpha value is -2.48. The number of nitrogens with zero attached hydrogens (tertiary/aromatic N) is 3. The fourth-order valence-corrected chi connectivity index (χ4v) is 2.79. The number of phenolic OH excluding ortho intramolecular Hbond substituents is 3. The zero-order valence-electron chi connectivity index (χ0n) is 14.5. The highest BCUT2D eigenvalue weighted by atomic mass is 16.7. The summed E-state index contributed by atoms with van der Waals surface area (Å²) >= 11 is 0. The molecular formula is C16H21N3O9. The maximum atomic E-state index is 9.92. The largest absolute Gasteiger partial charge is 0.504 e. The van der Waals surface area contributed by atoms with E-state index in [2.05, 4.69) is 10.3 Å². The van der Waals surface area contributed by atoms with Crippen LogP contribution in [0, 0.1) is 0 Å². The highest BCUT2D eigenvalue weighted by Gasteiger charge is 2.44. The number of aromatic nitrogens is 3. The van der Waals surface area contributed by atoms with Crippen LogP contribution in [0.3, 0.4) is 0 Å². The summed E-state index contributed by atoms with van der Waals surface area (Å²) in [6, 6.07) is 2.53. The first kappa shape index (κ1) is 20.3. The van der Waals surface area contributed by atoms with Gasteiger partial charge in [0.05, 0.1) is 26.0 Å². The van der Waals surface area contributed by atoms with E-state index in [4.69, 9.17) is 14.6 Å². The van der Waals surface area contributed by atoms with Crippen molar-refractivity contribution in [2.45, 2.75) is 43.9 Å². The van der Waals surface area contributed by atoms with E-state index in [0.29, 0.717) is 11.3 Å². The Morgan fingerprint density at radius 2 is 1.71 bits per heavy atom. The number of aromatic hydroxyl groups is 3. The van der Waals surface area contributed by atoms with Crippen LogP contribution >= 0.6 is 0 Å². The first-order chi connectivity index (χ1) is 13.3. The van der Waals surface area contributed by atoms with Crippen molar-refractivity contribution in [3.63, 3.8) is 0 Å². The molecule has 2 heterocycles. The van der Waals surface area contributed by atoms with Gasteiger partial charge in [-0.25, -0.2) is 4.68 Å². The van der Waals surface area contributed by atoms with Crippen LogP contribution in [-0.2, 0) is 22.6 Å². The van der Waals surface area contributed by atoms with E-state index < -0.39 is 54.6 Å². The van der Waals surface area contributed by atoms with E-state index >= 15 is 0 Å². The minimum atomic E-state index is -1.54. The van der Waals surface area contributed by atoms with Crippen molar-refractivity contribution in [2.75, 3.05) is 6.61 Å². The Labute approximate surface area is 158 Å². The number of benzene rings is 1. The molecule has 7 N–H and O–H groups in total. The monoisotopic (exact) mass is 399 g/mol. The molecule has 1 aliphatic rings. The lowest BCUT2D eigenvalue weighted by Crippen LogP contribution is -2.59. The number of rotatable bonds is 6. The van der Waals surface area contributed by atoms with Gasteiger partial charge >= 0.3 is 0 Å². The first-order valence-corrected chi connectivity index (χ1v) is 8.35. The number of hydrogen-bond donors (Lipinski definition) is 7. The molecule has 5 atom stereocenters. The van der Waals surface area contributed by atoms with Crippen LogP contribution in [-0.4, -0.2) is 88.1 Å². The van der Waals surface area contributed by atoms with Crippen molar-refractivity contribution in [3.05, 3.63) is 29.6 Å². The van der Waals surface area contributed by atoms with Crippen LogP contribution in [0.5, 0.6) is 17.2 Å². The van der Waals surface area contributed by atoms with Crippen LogP contribution < -0.4 is 0 Å². The summed E-state index contributed by atoms with van der Waals surface area (Å²) < 4.78 is 12.0. The molecule has 1 fully saturated rings. The van der Waals surface area contributed by atoms with Gasteiger partial charge in [-0.05, 0) is 17.7 Å². The van der Waals surface area contributed by atoms with Gasteiger partial charge < -0.3 is 45.2 Å². The Morgan fingerprint density at radius 1 is 1.04 bits per heavy atom. The average molecular weight is 399 g/mol. The number of hydrogen-bond acceptors (Lipinski definition) is 11. The molecule has 28 heavy (non-hydrogen) atoms. The van der Waals surface area contributed by atoms with Crippen molar-refractivity contribution in [2.24, 2.45) is 0 Å². The molecule has 0 radical (unpaired) electrons. The number of ether oxygens (including phenoxy) is 2. The second-order valence-corrected chi connectivity index (χ2v) is 6.40. The Balaban J connectivity index is 1.60. The highest BCUT2D eigenvalue weighted by Crippen LogP contribution is 2.35. The quantitative estimate of drug-likeness (QED) is 0.260. The first-order valence-electron chi connectivity index (χ1n) is 8.35. The number of phenols is 3. The smallest absolute Gasteiger partial charge is 0.200 e. The summed E-state index contributed by atoms with van der Waals surface area (Å²) in [5.74, 6) is -1.56. The van der Waals surface area contributed by atoms with Gasteiger partial charge in [0, 0.05) is 0 Å². The fraction of sp³-hybridized carbons (Fsp3) is 0.500. The van der Waals surface area contributed by atoms with Gasteiger partial charge in [-0.1, -0.05) is 5.21 Å². The van der Waals surface area contributed by atoms with Gasteiger partial charge in [0.1, 0.15) is 30.1 Å². The lowest BCUT2D eigenvalue weighted by Gasteiger charge is -2.39. The van der Waals surface area contributed by atoms with Crippen molar-refractivity contribution in [3.8, 4) is 17.2 Å². The predicted molar refractivity (Wildman–Crippen MR) is 89.1 cm³/mol.